The summed E-state index contributed by atoms with van der Waals surface area (Å²) < 4.78 is 0. The molecule has 0 aliphatic carbocycles. The van der Waals surface area contributed by atoms with Gasteiger partial charge < -0.3 is 11.1 Å². The van der Waals surface area contributed by atoms with Crippen LogP contribution in [0.1, 0.15) is 26.3 Å². The molecule has 0 fully saturated rings. The van der Waals surface area contributed by atoms with Crippen molar-refractivity contribution < 1.29 is 4.79 Å². The molecule has 0 aliphatic heterocycles. The maximum absolute atomic E-state index is 11.5. The summed E-state index contributed by atoms with van der Waals surface area (Å²) in [4.78, 5) is 11.5. The molecule has 1 amide bonds. The Morgan fingerprint density at radius 1 is 1.71 bits per heavy atom. The highest BCUT2D eigenvalue weighted by molar-refractivity contribution is 5.97. The molecule has 0 saturated carbocycles. The number of nitrogens with one attached hydrogen (secondary N) is 2. The maximum atomic E-state index is 11.5. The number of amides is 1. The van der Waals surface area contributed by atoms with Crippen LogP contribution in [0.4, 0.5) is 5.82 Å². The van der Waals surface area contributed by atoms with E-state index in [9.17, 15) is 4.79 Å². The van der Waals surface area contributed by atoms with Crippen LogP contribution in [0.15, 0.2) is 6.20 Å². The molecule has 0 unspecified atom stereocenters. The number of hydrogen-bond acceptors (Lipinski definition) is 3. The van der Waals surface area contributed by atoms with Crippen LogP contribution in [-0.4, -0.2) is 21.6 Å². The van der Waals surface area contributed by atoms with Crippen LogP contribution < -0.4 is 11.1 Å². The predicted molar refractivity (Wildman–Crippen MR) is 54.9 cm³/mol. The van der Waals surface area contributed by atoms with Gasteiger partial charge in [0.15, 0.2) is 0 Å². The lowest BCUT2D eigenvalue weighted by Gasteiger charge is -2.17. The molecule has 1 heterocycles. The Hall–Kier alpha value is -1.36. The minimum absolute atomic E-state index is 0.226. The standard InChI is InChI=1S/C9H16N4O/c1-4-6-5-11-13-7(6)12-8(14)9(2,3)10/h5H,4,10H2,1-3H3,(H2,11,12,13,14). The molecular formula is C9H16N4O. The first-order chi connectivity index (χ1) is 6.45. The summed E-state index contributed by atoms with van der Waals surface area (Å²) in [6.45, 7) is 5.31. The molecule has 0 saturated heterocycles. The molecule has 1 aromatic heterocycles. The summed E-state index contributed by atoms with van der Waals surface area (Å²) in [5.41, 5.74) is 5.74. The number of nitrogens with zero attached hydrogens (tertiary/aromatic N) is 1. The van der Waals surface area contributed by atoms with Crippen LogP contribution in [0.2, 0.25) is 0 Å². The van der Waals surface area contributed by atoms with Crippen LogP contribution >= 0.6 is 0 Å². The minimum atomic E-state index is -0.879. The Balaban J connectivity index is 2.74. The summed E-state index contributed by atoms with van der Waals surface area (Å²) in [7, 11) is 0. The summed E-state index contributed by atoms with van der Waals surface area (Å²) in [6, 6.07) is 0. The number of aromatic nitrogens is 2. The average molecular weight is 196 g/mol. The third-order valence-corrected chi connectivity index (χ3v) is 1.92. The summed E-state index contributed by atoms with van der Waals surface area (Å²) in [6.07, 6.45) is 2.51. The van der Waals surface area contributed by atoms with Crippen molar-refractivity contribution in [1.82, 2.24) is 10.2 Å². The average Bonchev–Trinajstić information content (AvgIpc) is 2.50. The van der Waals surface area contributed by atoms with Crippen molar-refractivity contribution in [2.24, 2.45) is 5.73 Å². The van der Waals surface area contributed by atoms with Crippen molar-refractivity contribution in [1.29, 1.82) is 0 Å². The lowest BCUT2D eigenvalue weighted by atomic mass is 10.1. The first-order valence-electron chi connectivity index (χ1n) is 4.57. The molecule has 14 heavy (non-hydrogen) atoms. The Bertz CT molecular complexity index is 324. The topological polar surface area (TPSA) is 83.8 Å². The number of carbonyl (C=O) groups is 1. The van der Waals surface area contributed by atoms with E-state index >= 15 is 0 Å². The zero-order valence-electron chi connectivity index (χ0n) is 8.72. The molecular weight excluding hydrogens is 180 g/mol. The molecule has 4 N–H and O–H groups in total. The van der Waals surface area contributed by atoms with Gasteiger partial charge in [-0.25, -0.2) is 0 Å². The minimum Gasteiger partial charge on any atom is -0.318 e. The summed E-state index contributed by atoms with van der Waals surface area (Å²) >= 11 is 0. The normalized spacial score (nSPS) is 11.4. The second-order valence-electron chi connectivity index (χ2n) is 3.80. The van der Waals surface area contributed by atoms with E-state index in [0.29, 0.717) is 5.82 Å². The molecule has 0 atom stereocenters. The van der Waals surface area contributed by atoms with Gasteiger partial charge in [-0.1, -0.05) is 6.92 Å². The predicted octanol–water partition coefficient (Wildman–Crippen LogP) is 0.648. The van der Waals surface area contributed by atoms with Gasteiger partial charge in [-0.3, -0.25) is 9.89 Å². The van der Waals surface area contributed by atoms with Crippen molar-refractivity contribution in [3.8, 4) is 0 Å². The van der Waals surface area contributed by atoms with Gasteiger partial charge in [0.2, 0.25) is 5.91 Å². The van der Waals surface area contributed by atoms with Crippen molar-refractivity contribution in [3.05, 3.63) is 11.8 Å². The van der Waals surface area contributed by atoms with E-state index < -0.39 is 5.54 Å². The molecule has 0 aromatic carbocycles. The summed E-state index contributed by atoms with van der Waals surface area (Å²) in [5.74, 6) is 0.410. The van der Waals surface area contributed by atoms with Crippen LogP contribution in [0.3, 0.4) is 0 Å². The molecule has 1 rings (SSSR count). The van der Waals surface area contributed by atoms with Gasteiger partial charge >= 0.3 is 0 Å². The van der Waals surface area contributed by atoms with E-state index in [1.54, 1.807) is 20.0 Å². The monoisotopic (exact) mass is 196 g/mol. The quantitative estimate of drug-likeness (QED) is 0.663. The molecule has 1 aromatic rings. The van der Waals surface area contributed by atoms with E-state index in [4.69, 9.17) is 5.73 Å². The van der Waals surface area contributed by atoms with Crippen molar-refractivity contribution in [2.45, 2.75) is 32.7 Å². The van der Waals surface area contributed by atoms with Crippen LogP contribution in [0, 0.1) is 0 Å². The van der Waals surface area contributed by atoms with Gasteiger partial charge in [0.25, 0.3) is 0 Å². The second-order valence-corrected chi connectivity index (χ2v) is 3.80. The third-order valence-electron chi connectivity index (χ3n) is 1.92. The number of anilines is 1. The number of rotatable bonds is 3. The largest absolute Gasteiger partial charge is 0.318 e. The Kier molecular flexibility index (Phi) is 2.90. The first-order valence-corrected chi connectivity index (χ1v) is 4.57. The Morgan fingerprint density at radius 2 is 2.36 bits per heavy atom. The third kappa shape index (κ3) is 2.32. The highest BCUT2D eigenvalue weighted by Gasteiger charge is 2.22. The molecule has 5 nitrogen and oxygen atoms in total. The Morgan fingerprint density at radius 3 is 2.86 bits per heavy atom. The highest BCUT2D eigenvalue weighted by Crippen LogP contribution is 2.12. The maximum Gasteiger partial charge on any atom is 0.245 e. The van der Waals surface area contributed by atoms with Crippen LogP contribution in [-0.2, 0) is 11.2 Å². The zero-order valence-corrected chi connectivity index (χ0v) is 8.72. The van der Waals surface area contributed by atoms with Gasteiger partial charge in [-0.2, -0.15) is 5.10 Å². The van der Waals surface area contributed by atoms with Gasteiger partial charge in [0.05, 0.1) is 11.7 Å². The van der Waals surface area contributed by atoms with Gasteiger partial charge in [-0.05, 0) is 20.3 Å². The fraction of sp³-hybridized carbons (Fsp3) is 0.556. The smallest absolute Gasteiger partial charge is 0.245 e. The highest BCUT2D eigenvalue weighted by atomic mass is 16.2. The van der Waals surface area contributed by atoms with Crippen LogP contribution in [0.25, 0.3) is 0 Å². The van der Waals surface area contributed by atoms with E-state index in [1.807, 2.05) is 6.92 Å². The van der Waals surface area contributed by atoms with Crippen LogP contribution in [0.5, 0.6) is 0 Å². The number of hydrogen-bond donors (Lipinski definition) is 3. The fourth-order valence-corrected chi connectivity index (χ4v) is 0.962. The number of H-pyrrole nitrogens is 1. The SMILES string of the molecule is CCc1cn[nH]c1NC(=O)C(C)(C)N. The molecule has 0 radical (unpaired) electrons. The van der Waals surface area contributed by atoms with Crippen molar-refractivity contribution >= 4 is 11.7 Å². The molecule has 0 aliphatic rings. The van der Waals surface area contributed by atoms with Gasteiger partial charge in [-0.15, -0.1) is 0 Å². The van der Waals surface area contributed by atoms with Crippen molar-refractivity contribution in [3.63, 3.8) is 0 Å². The number of aryl methyl sites for hydroxylation is 1. The zero-order chi connectivity index (χ0) is 10.8. The van der Waals surface area contributed by atoms with Gasteiger partial charge in [0, 0.05) is 5.56 Å². The molecule has 0 bridgehead atoms. The fourth-order valence-electron chi connectivity index (χ4n) is 0.962. The number of nitrogens with two attached hydrogens (primary N) is 1. The number of aromatic amines is 1. The second kappa shape index (κ2) is 3.79. The van der Waals surface area contributed by atoms with Gasteiger partial charge in [0.1, 0.15) is 5.82 Å². The van der Waals surface area contributed by atoms with Crippen molar-refractivity contribution in [2.75, 3.05) is 5.32 Å². The summed E-state index contributed by atoms with van der Waals surface area (Å²) in [5, 5.41) is 9.27. The van der Waals surface area contributed by atoms with E-state index in [0.717, 1.165) is 12.0 Å². The van der Waals surface area contributed by atoms with E-state index in [-0.39, 0.29) is 5.91 Å². The molecule has 5 heteroatoms. The molecule has 78 valence electrons. The van der Waals surface area contributed by atoms with E-state index in [2.05, 4.69) is 15.5 Å². The number of carbonyl (C=O) groups excluding carboxylic acids is 1. The molecule has 0 spiro atoms. The van der Waals surface area contributed by atoms with E-state index in [1.165, 1.54) is 0 Å². The first kappa shape index (κ1) is 10.7. The lowest BCUT2D eigenvalue weighted by molar-refractivity contribution is -0.120. The Labute approximate surface area is 83.1 Å². The lowest BCUT2D eigenvalue weighted by Crippen LogP contribution is -2.45.